The van der Waals surface area contributed by atoms with E-state index in [9.17, 15) is 9.59 Å². The Morgan fingerprint density at radius 3 is 2.59 bits per heavy atom. The van der Waals surface area contributed by atoms with Crippen LogP contribution >= 0.6 is 0 Å². The van der Waals surface area contributed by atoms with Crippen LogP contribution in [0, 0.1) is 25.7 Å². The van der Waals surface area contributed by atoms with Crippen molar-refractivity contribution >= 4 is 23.3 Å². The van der Waals surface area contributed by atoms with E-state index >= 15 is 0 Å². The average molecular weight is 514 g/mol. The van der Waals surface area contributed by atoms with Crippen molar-refractivity contribution in [1.29, 1.82) is 0 Å². The van der Waals surface area contributed by atoms with E-state index in [0.717, 1.165) is 19.0 Å². The van der Waals surface area contributed by atoms with Gasteiger partial charge in [-0.05, 0) is 57.6 Å². The quantitative estimate of drug-likeness (QED) is 0.618. The van der Waals surface area contributed by atoms with E-state index in [1.54, 1.807) is 51.1 Å². The molecule has 0 radical (unpaired) electrons. The minimum absolute atomic E-state index is 0.0828. The first kappa shape index (κ1) is 26.9. The molecule has 1 aromatic heterocycles. The molecule has 1 saturated carbocycles. The molecule has 10 heteroatoms. The van der Waals surface area contributed by atoms with Gasteiger partial charge >= 0.3 is 6.03 Å². The highest BCUT2D eigenvalue weighted by atomic mass is 16.5. The molecule has 2 aliphatic rings. The van der Waals surface area contributed by atoms with Gasteiger partial charge in [-0.1, -0.05) is 12.1 Å². The van der Waals surface area contributed by atoms with Gasteiger partial charge in [0.15, 0.2) is 5.76 Å². The summed E-state index contributed by atoms with van der Waals surface area (Å²) in [6.07, 6.45) is 2.47. The topological polar surface area (TPSA) is 109 Å². The number of methoxy groups -OCH3 is 1. The molecular weight excluding hydrogens is 474 g/mol. The zero-order valence-electron chi connectivity index (χ0n) is 22.7. The van der Waals surface area contributed by atoms with E-state index in [4.69, 9.17) is 14.0 Å². The predicted octanol–water partition coefficient (Wildman–Crippen LogP) is 4.15. The molecule has 1 aliphatic carbocycles. The number of amides is 3. The summed E-state index contributed by atoms with van der Waals surface area (Å²) < 4.78 is 17.2. The molecule has 3 atom stereocenters. The van der Waals surface area contributed by atoms with Gasteiger partial charge in [0.05, 0.1) is 11.7 Å². The Kier molecular flexibility index (Phi) is 8.39. The lowest BCUT2D eigenvalue weighted by Gasteiger charge is -2.36. The number of hydrogen-bond donors (Lipinski definition) is 2. The van der Waals surface area contributed by atoms with Crippen LogP contribution in [0.3, 0.4) is 0 Å². The van der Waals surface area contributed by atoms with E-state index in [0.29, 0.717) is 47.3 Å². The van der Waals surface area contributed by atoms with Crippen molar-refractivity contribution in [1.82, 2.24) is 15.0 Å². The molecule has 0 saturated heterocycles. The molecule has 2 aromatic rings. The highest BCUT2D eigenvalue weighted by Crippen LogP contribution is 2.32. The Morgan fingerprint density at radius 2 is 1.95 bits per heavy atom. The summed E-state index contributed by atoms with van der Waals surface area (Å²) in [6.45, 7) is 10.6. The molecule has 202 valence electrons. The fourth-order valence-electron chi connectivity index (χ4n) is 4.75. The highest BCUT2D eigenvalue weighted by Gasteiger charge is 2.31. The number of hydrogen-bond acceptors (Lipinski definition) is 7. The first-order chi connectivity index (χ1) is 17.7. The van der Waals surface area contributed by atoms with Crippen molar-refractivity contribution in [3.05, 3.63) is 35.2 Å². The zero-order chi connectivity index (χ0) is 26.7. The SMILES string of the molecule is CO[C@@H]1CN(C)C(=O)c2ccc(NC(=O)Nc3c(C)noc3C)cc2OC[C@@H](C)N(CC2CC2)C[C@H]1C. The maximum atomic E-state index is 13.4. The molecule has 0 unspecified atom stereocenters. The Bertz CT molecular complexity index is 1100. The van der Waals surface area contributed by atoms with Gasteiger partial charge in [0, 0.05) is 51.6 Å². The molecule has 10 nitrogen and oxygen atoms in total. The number of carbonyl (C=O) groups is 2. The largest absolute Gasteiger partial charge is 0.491 e. The van der Waals surface area contributed by atoms with Gasteiger partial charge < -0.3 is 29.5 Å². The monoisotopic (exact) mass is 513 g/mol. The summed E-state index contributed by atoms with van der Waals surface area (Å²) in [6, 6.07) is 4.82. The Balaban J connectivity index is 1.57. The number of aryl methyl sites for hydroxylation is 2. The number of aromatic nitrogens is 1. The molecule has 1 aliphatic heterocycles. The van der Waals surface area contributed by atoms with Crippen molar-refractivity contribution in [3.63, 3.8) is 0 Å². The number of fused-ring (bicyclic) bond motifs is 1. The summed E-state index contributed by atoms with van der Waals surface area (Å²) in [5.74, 6) is 1.80. The third-order valence-electron chi connectivity index (χ3n) is 7.30. The summed E-state index contributed by atoms with van der Waals surface area (Å²) in [7, 11) is 3.49. The standard InChI is InChI=1S/C27H39N5O5/c1-16-12-32(13-20-7-8-20)17(2)15-36-23-11-21(28-27(34)29-25-18(3)30-37-19(25)4)9-10-22(23)26(33)31(5)14-24(16)35-6/h9-11,16-17,20,24H,7-8,12-15H2,1-6H3,(H2,28,29,34)/t16-,17-,24-/m1/s1. The lowest BCUT2D eigenvalue weighted by atomic mass is 10.0. The van der Waals surface area contributed by atoms with E-state index in [1.165, 1.54) is 12.8 Å². The number of rotatable bonds is 5. The molecule has 4 rings (SSSR count). The average Bonchev–Trinajstić information content (AvgIpc) is 3.64. The fourth-order valence-corrected chi connectivity index (χ4v) is 4.75. The van der Waals surface area contributed by atoms with Crippen molar-refractivity contribution in [2.24, 2.45) is 11.8 Å². The van der Waals surface area contributed by atoms with Gasteiger partial charge in [0.1, 0.15) is 23.7 Å². The van der Waals surface area contributed by atoms with E-state index in [2.05, 4.69) is 34.5 Å². The second kappa shape index (κ2) is 11.5. The lowest BCUT2D eigenvalue weighted by Crippen LogP contribution is -2.47. The molecule has 0 spiro atoms. The van der Waals surface area contributed by atoms with Crippen LogP contribution in [-0.4, -0.2) is 79.4 Å². The van der Waals surface area contributed by atoms with Crippen LogP contribution in [0.2, 0.25) is 0 Å². The van der Waals surface area contributed by atoms with Crippen LogP contribution in [0.15, 0.2) is 22.7 Å². The number of nitrogens with zero attached hydrogens (tertiary/aromatic N) is 3. The molecule has 1 fully saturated rings. The van der Waals surface area contributed by atoms with E-state index < -0.39 is 6.03 Å². The third-order valence-corrected chi connectivity index (χ3v) is 7.30. The maximum Gasteiger partial charge on any atom is 0.323 e. The van der Waals surface area contributed by atoms with Gasteiger partial charge in [-0.25, -0.2) is 4.79 Å². The van der Waals surface area contributed by atoms with Crippen LogP contribution in [0.1, 0.15) is 48.5 Å². The van der Waals surface area contributed by atoms with Gasteiger partial charge in [-0.2, -0.15) is 0 Å². The Morgan fingerprint density at radius 1 is 1.19 bits per heavy atom. The molecule has 1 aromatic carbocycles. The van der Waals surface area contributed by atoms with E-state index in [1.807, 2.05) is 0 Å². The van der Waals surface area contributed by atoms with Crippen molar-refractivity contribution in [2.45, 2.75) is 52.7 Å². The fraction of sp³-hybridized carbons (Fsp3) is 0.593. The van der Waals surface area contributed by atoms with Crippen LogP contribution in [-0.2, 0) is 4.74 Å². The smallest absolute Gasteiger partial charge is 0.323 e. The van der Waals surface area contributed by atoms with Gasteiger partial charge in [-0.15, -0.1) is 0 Å². The number of ether oxygens (including phenoxy) is 2. The second-order valence-electron chi connectivity index (χ2n) is 10.5. The van der Waals surface area contributed by atoms with Crippen LogP contribution < -0.4 is 15.4 Å². The van der Waals surface area contributed by atoms with Crippen LogP contribution in [0.5, 0.6) is 5.75 Å². The summed E-state index contributed by atoms with van der Waals surface area (Å²) in [5, 5.41) is 9.44. The Hall–Kier alpha value is -3.11. The molecular formula is C27H39N5O5. The highest BCUT2D eigenvalue weighted by molar-refractivity contribution is 6.02. The third kappa shape index (κ3) is 6.61. The van der Waals surface area contributed by atoms with Crippen LogP contribution in [0.25, 0.3) is 0 Å². The molecule has 37 heavy (non-hydrogen) atoms. The first-order valence-corrected chi connectivity index (χ1v) is 13.0. The molecule has 0 bridgehead atoms. The molecule has 2 heterocycles. The summed E-state index contributed by atoms with van der Waals surface area (Å²) in [5.41, 5.74) is 2.08. The number of likely N-dealkylation sites (N-methyl/N-ethyl adjacent to an activating group) is 1. The van der Waals surface area contributed by atoms with Crippen molar-refractivity contribution in [2.75, 3.05) is 51.0 Å². The predicted molar refractivity (Wildman–Crippen MR) is 141 cm³/mol. The van der Waals surface area contributed by atoms with E-state index in [-0.39, 0.29) is 24.0 Å². The Labute approximate surface area is 218 Å². The van der Waals surface area contributed by atoms with Crippen LogP contribution in [0.4, 0.5) is 16.2 Å². The second-order valence-corrected chi connectivity index (χ2v) is 10.5. The van der Waals surface area contributed by atoms with Crippen molar-refractivity contribution in [3.8, 4) is 5.75 Å². The van der Waals surface area contributed by atoms with Gasteiger partial charge in [-0.3, -0.25) is 9.69 Å². The van der Waals surface area contributed by atoms with Gasteiger partial charge in [0.2, 0.25) is 0 Å². The minimum atomic E-state index is -0.438. The summed E-state index contributed by atoms with van der Waals surface area (Å²) in [4.78, 5) is 30.2. The maximum absolute atomic E-state index is 13.4. The van der Waals surface area contributed by atoms with Crippen molar-refractivity contribution < 1.29 is 23.6 Å². The molecule has 3 amide bonds. The first-order valence-electron chi connectivity index (χ1n) is 13.0. The lowest BCUT2D eigenvalue weighted by molar-refractivity contribution is 0.00994. The minimum Gasteiger partial charge on any atom is -0.491 e. The summed E-state index contributed by atoms with van der Waals surface area (Å²) >= 11 is 0. The van der Waals surface area contributed by atoms with Gasteiger partial charge in [0.25, 0.3) is 5.91 Å². The molecule has 2 N–H and O–H groups in total. The number of urea groups is 1. The normalized spacial score (nSPS) is 23.5. The zero-order valence-corrected chi connectivity index (χ0v) is 22.7. The number of nitrogens with one attached hydrogen (secondary N) is 2. The number of benzene rings is 1. The number of anilines is 2. The number of carbonyl (C=O) groups excluding carboxylic acids is 2.